The molecular weight excluding hydrogens is 292 g/mol. The van der Waals surface area contributed by atoms with Gasteiger partial charge in [0.1, 0.15) is 0 Å². The lowest BCUT2D eigenvalue weighted by molar-refractivity contribution is 0.0943. The van der Waals surface area contributed by atoms with E-state index in [1.807, 2.05) is 0 Å². The molecular formula is C14H19BrN2O. The van der Waals surface area contributed by atoms with Crippen LogP contribution in [0.2, 0.25) is 0 Å². The van der Waals surface area contributed by atoms with E-state index in [1.54, 1.807) is 18.2 Å². The van der Waals surface area contributed by atoms with Crippen LogP contribution in [0.25, 0.3) is 0 Å². The molecule has 4 heteroatoms. The first-order valence-electron chi connectivity index (χ1n) is 6.04. The first-order chi connectivity index (χ1) is 8.18. The van der Waals surface area contributed by atoms with Gasteiger partial charge < -0.3 is 11.1 Å². The van der Waals surface area contributed by atoms with Crippen molar-refractivity contribution < 1.29 is 4.79 Å². The number of nitrogens with two attached hydrogens (primary N) is 1. The van der Waals surface area contributed by atoms with Crippen LogP contribution >= 0.6 is 15.9 Å². The predicted molar refractivity (Wildman–Crippen MR) is 77.4 cm³/mol. The van der Waals surface area contributed by atoms with E-state index in [-0.39, 0.29) is 22.8 Å². The minimum atomic E-state index is -0.0423. The van der Waals surface area contributed by atoms with Crippen molar-refractivity contribution in [1.29, 1.82) is 0 Å². The lowest BCUT2D eigenvalue weighted by Gasteiger charge is -2.08. The van der Waals surface area contributed by atoms with Crippen molar-refractivity contribution in [2.24, 2.45) is 10.8 Å². The van der Waals surface area contributed by atoms with Crippen molar-refractivity contribution in [2.45, 2.75) is 33.7 Å². The van der Waals surface area contributed by atoms with Crippen LogP contribution in [-0.2, 0) is 0 Å². The van der Waals surface area contributed by atoms with E-state index in [1.165, 1.54) is 0 Å². The van der Waals surface area contributed by atoms with E-state index < -0.39 is 0 Å². The molecule has 0 saturated heterocycles. The molecule has 1 fully saturated rings. The van der Waals surface area contributed by atoms with Crippen molar-refractivity contribution in [3.8, 4) is 0 Å². The Bertz CT molecular complexity index is 495. The Morgan fingerprint density at radius 1 is 1.28 bits per heavy atom. The minimum Gasteiger partial charge on any atom is -0.398 e. The summed E-state index contributed by atoms with van der Waals surface area (Å²) in [6.07, 6.45) is 0. The van der Waals surface area contributed by atoms with Gasteiger partial charge in [-0.15, -0.1) is 0 Å². The van der Waals surface area contributed by atoms with Crippen molar-refractivity contribution in [1.82, 2.24) is 5.32 Å². The molecule has 0 aromatic heterocycles. The van der Waals surface area contributed by atoms with Crippen LogP contribution in [0.3, 0.4) is 0 Å². The second kappa shape index (κ2) is 3.98. The van der Waals surface area contributed by atoms with Crippen LogP contribution in [0, 0.1) is 10.8 Å². The highest BCUT2D eigenvalue weighted by atomic mass is 79.9. The van der Waals surface area contributed by atoms with E-state index in [2.05, 4.69) is 48.9 Å². The molecule has 3 nitrogen and oxygen atoms in total. The second-order valence-electron chi connectivity index (χ2n) is 6.09. The number of hydrogen-bond acceptors (Lipinski definition) is 2. The lowest BCUT2D eigenvalue weighted by atomic mass is 10.0. The molecule has 1 aliphatic rings. The van der Waals surface area contributed by atoms with Gasteiger partial charge in [-0.25, -0.2) is 0 Å². The van der Waals surface area contributed by atoms with Gasteiger partial charge in [-0.3, -0.25) is 4.79 Å². The van der Waals surface area contributed by atoms with E-state index >= 15 is 0 Å². The Balaban J connectivity index is 2.12. The molecule has 1 aromatic rings. The van der Waals surface area contributed by atoms with Gasteiger partial charge in [-0.05, 0) is 45.0 Å². The van der Waals surface area contributed by atoms with Crippen LogP contribution in [0.5, 0.6) is 0 Å². The van der Waals surface area contributed by atoms with Gasteiger partial charge in [0.25, 0.3) is 5.91 Å². The maximum Gasteiger partial charge on any atom is 0.251 e. The van der Waals surface area contributed by atoms with Gasteiger partial charge in [0, 0.05) is 21.8 Å². The number of hydrogen-bond donors (Lipinski definition) is 2. The molecule has 18 heavy (non-hydrogen) atoms. The molecule has 2 rings (SSSR count). The lowest BCUT2D eigenvalue weighted by Crippen LogP contribution is -2.29. The van der Waals surface area contributed by atoms with E-state index in [0.29, 0.717) is 11.3 Å². The quantitative estimate of drug-likeness (QED) is 0.824. The summed E-state index contributed by atoms with van der Waals surface area (Å²) < 4.78 is 0.754. The second-order valence-corrected chi connectivity index (χ2v) is 6.94. The fourth-order valence-corrected chi connectivity index (χ4v) is 2.82. The van der Waals surface area contributed by atoms with E-state index in [0.717, 1.165) is 4.47 Å². The molecule has 0 aliphatic heterocycles. The fraction of sp³-hybridized carbons (Fsp3) is 0.500. The Labute approximate surface area is 116 Å². The Kier molecular flexibility index (Phi) is 2.97. The number of nitrogen functional groups attached to an aromatic ring is 1. The van der Waals surface area contributed by atoms with Gasteiger partial charge in [-0.1, -0.05) is 27.7 Å². The monoisotopic (exact) mass is 310 g/mol. The summed E-state index contributed by atoms with van der Waals surface area (Å²) in [6.45, 7) is 8.71. The third-order valence-corrected chi connectivity index (χ3v) is 5.25. The summed E-state index contributed by atoms with van der Waals surface area (Å²) in [4.78, 5) is 12.2. The smallest absolute Gasteiger partial charge is 0.251 e. The van der Waals surface area contributed by atoms with Crippen molar-refractivity contribution in [3.63, 3.8) is 0 Å². The molecule has 1 saturated carbocycles. The summed E-state index contributed by atoms with van der Waals surface area (Å²) in [5.74, 6) is -0.0423. The number of amides is 1. The zero-order valence-electron chi connectivity index (χ0n) is 11.2. The molecule has 98 valence electrons. The topological polar surface area (TPSA) is 55.1 Å². The van der Waals surface area contributed by atoms with Gasteiger partial charge in [0.05, 0.1) is 0 Å². The van der Waals surface area contributed by atoms with E-state index in [4.69, 9.17) is 5.73 Å². The van der Waals surface area contributed by atoms with E-state index in [9.17, 15) is 4.79 Å². The molecule has 0 radical (unpaired) electrons. The summed E-state index contributed by atoms with van der Waals surface area (Å²) in [5.41, 5.74) is 7.27. The molecule has 0 heterocycles. The van der Waals surface area contributed by atoms with Crippen molar-refractivity contribution in [3.05, 3.63) is 28.2 Å². The highest BCUT2D eigenvalue weighted by Crippen LogP contribution is 2.62. The third kappa shape index (κ3) is 1.92. The largest absolute Gasteiger partial charge is 0.398 e. The van der Waals surface area contributed by atoms with Crippen LogP contribution in [0.4, 0.5) is 5.69 Å². The number of carbonyl (C=O) groups is 1. The van der Waals surface area contributed by atoms with Gasteiger partial charge in [0.2, 0.25) is 0 Å². The first kappa shape index (κ1) is 13.4. The summed E-state index contributed by atoms with van der Waals surface area (Å²) in [6, 6.07) is 5.46. The fourth-order valence-electron chi connectivity index (χ4n) is 2.44. The highest BCUT2D eigenvalue weighted by molar-refractivity contribution is 9.10. The zero-order valence-corrected chi connectivity index (χ0v) is 12.8. The zero-order chi connectivity index (χ0) is 13.7. The number of carbonyl (C=O) groups excluding carboxylic acids is 1. The summed E-state index contributed by atoms with van der Waals surface area (Å²) in [7, 11) is 0. The molecule has 0 atom stereocenters. The van der Waals surface area contributed by atoms with Crippen LogP contribution in [0.1, 0.15) is 38.1 Å². The highest BCUT2D eigenvalue weighted by Gasteiger charge is 2.65. The maximum atomic E-state index is 12.2. The van der Waals surface area contributed by atoms with Crippen LogP contribution < -0.4 is 11.1 Å². The SMILES string of the molecule is CC1(C)C(NC(=O)c2ccc(N)c(Br)c2)C1(C)C. The molecule has 1 amide bonds. The standard InChI is InChI=1S/C14H19BrN2O/c1-13(2)12(14(13,3)4)17-11(18)8-5-6-10(16)9(15)7-8/h5-7,12H,16H2,1-4H3,(H,17,18). The average molecular weight is 311 g/mol. The van der Waals surface area contributed by atoms with Gasteiger partial charge in [-0.2, -0.15) is 0 Å². The van der Waals surface area contributed by atoms with Gasteiger partial charge >= 0.3 is 0 Å². The number of nitrogens with one attached hydrogen (secondary N) is 1. The third-order valence-electron chi connectivity index (χ3n) is 4.56. The molecule has 3 N–H and O–H groups in total. The Hall–Kier alpha value is -1.03. The van der Waals surface area contributed by atoms with Gasteiger partial charge in [0.15, 0.2) is 0 Å². The molecule has 0 spiro atoms. The van der Waals surface area contributed by atoms with Crippen LogP contribution in [0.15, 0.2) is 22.7 Å². The Morgan fingerprint density at radius 2 is 1.83 bits per heavy atom. The Morgan fingerprint density at radius 3 is 2.28 bits per heavy atom. The number of halogens is 1. The van der Waals surface area contributed by atoms with Crippen molar-refractivity contribution >= 4 is 27.5 Å². The maximum absolute atomic E-state index is 12.2. The summed E-state index contributed by atoms with van der Waals surface area (Å²) >= 11 is 3.34. The van der Waals surface area contributed by atoms with Crippen LogP contribution in [-0.4, -0.2) is 11.9 Å². The predicted octanol–water partition coefficient (Wildman–Crippen LogP) is 3.20. The number of benzene rings is 1. The minimum absolute atomic E-state index is 0.0423. The molecule has 1 aliphatic carbocycles. The first-order valence-corrected chi connectivity index (χ1v) is 6.83. The molecule has 0 bridgehead atoms. The molecule has 0 unspecified atom stereocenters. The van der Waals surface area contributed by atoms with Crippen molar-refractivity contribution in [2.75, 3.05) is 5.73 Å². The number of anilines is 1. The summed E-state index contributed by atoms with van der Waals surface area (Å²) in [5, 5.41) is 3.10. The average Bonchev–Trinajstić information content (AvgIpc) is 2.65. The normalized spacial score (nSPS) is 20.5. The number of rotatable bonds is 2. The molecule has 1 aromatic carbocycles.